The van der Waals surface area contributed by atoms with Crippen molar-refractivity contribution < 1.29 is 113 Å². The van der Waals surface area contributed by atoms with Gasteiger partial charge in [0.15, 0.2) is 0 Å². The van der Waals surface area contributed by atoms with Crippen LogP contribution in [0.1, 0.15) is 0 Å². The summed E-state index contributed by atoms with van der Waals surface area (Å²) in [5.74, 6) is 0. The molecule has 0 rings (SSSR count). The summed E-state index contributed by atoms with van der Waals surface area (Å²) < 4.78 is 61.8. The van der Waals surface area contributed by atoms with E-state index in [1.54, 1.807) is 0 Å². The smallest absolute Gasteiger partial charge is 4.00 e. The van der Waals surface area contributed by atoms with Gasteiger partial charge in [-0.25, -0.2) is 0 Å². The third kappa shape index (κ3) is 617. The van der Waals surface area contributed by atoms with E-state index in [-0.39, 0.29) is 21.1 Å². The van der Waals surface area contributed by atoms with Crippen LogP contribution >= 0.6 is 0 Å². The van der Waals surface area contributed by atoms with Crippen LogP contribution in [0, 0.1) is 0 Å². The molecule has 0 spiro atoms. The first-order valence-corrected chi connectivity index (χ1v) is 4.70. The van der Waals surface area contributed by atoms with Gasteiger partial charge in [-0.15, -0.1) is 0 Å². The molecule has 0 aromatic carbocycles. The van der Waals surface area contributed by atoms with Crippen LogP contribution in [0.3, 0.4) is 0 Å². The zero-order valence-corrected chi connectivity index (χ0v) is 11.5. The molecule has 0 saturated carbocycles. The predicted octanol–water partition coefficient (Wildman–Crippen LogP) is -2.72. The van der Waals surface area contributed by atoms with E-state index in [1.807, 2.05) is 0 Å². The van der Waals surface area contributed by atoms with Crippen LogP contribution in [0.2, 0.25) is 0 Å². The predicted molar refractivity (Wildman–Crippen MR) is 11.6 cm³/mol. The van der Waals surface area contributed by atoms with E-state index in [1.165, 1.54) is 0 Å². The minimum Gasteiger partial charge on any atom is 4.00 e. The van der Waals surface area contributed by atoms with Crippen molar-refractivity contribution in [3.05, 3.63) is 0 Å². The Balaban J connectivity index is -0.0000000213. The van der Waals surface area contributed by atoms with Crippen molar-refractivity contribution in [2.75, 3.05) is 0 Å². The van der Waals surface area contributed by atoms with Crippen LogP contribution in [-0.2, 0) is 96.3 Å². The van der Waals surface area contributed by atoms with Crippen LogP contribution in [0.4, 0.5) is 0 Å². The Morgan fingerprint density at radius 3 is 0.538 bits per heavy atom. The third-order valence-corrected chi connectivity index (χ3v) is 0. The second-order valence-corrected chi connectivity index (χ2v) is 1.00. The number of hydrogen-bond acceptors (Lipinski definition) is 4. The van der Waals surface area contributed by atoms with Gasteiger partial charge in [0.1, 0.15) is 0 Å². The molecule has 98 valence electrons. The summed E-state index contributed by atoms with van der Waals surface area (Å²) in [6.45, 7) is 0. The van der Waals surface area contributed by atoms with Crippen LogP contribution in [0.15, 0.2) is 0 Å². The Hall–Kier alpha value is 1.75. The van der Waals surface area contributed by atoms with Gasteiger partial charge in [-0.3, -0.25) is 0 Å². The maximum Gasteiger partial charge on any atom is 4.00 e. The topological polar surface area (TPSA) is 149 Å². The van der Waals surface area contributed by atoms with Gasteiger partial charge < -0.3 is 0 Å². The van der Waals surface area contributed by atoms with Gasteiger partial charge in [-0.2, -0.15) is 0 Å². The van der Waals surface area contributed by atoms with E-state index in [4.69, 9.17) is 32.3 Å². The Labute approximate surface area is 112 Å². The molecule has 0 atom stereocenters. The molecule has 13 heteroatoms. The Morgan fingerprint density at radius 1 is 0.538 bits per heavy atom. The van der Waals surface area contributed by atoms with Gasteiger partial charge in [0, 0.05) is 0 Å². The molecule has 0 aliphatic heterocycles. The average molecular weight is 563 g/mol. The summed E-state index contributed by atoms with van der Waals surface area (Å²) in [5, 5.41) is 0. The fourth-order valence-corrected chi connectivity index (χ4v) is 0. The molecule has 13 heavy (non-hydrogen) atoms. The van der Waals surface area contributed by atoms with E-state index in [9.17, 15) is 0 Å². The summed E-state index contributed by atoms with van der Waals surface area (Å²) in [6, 6.07) is 0. The summed E-state index contributed by atoms with van der Waals surface area (Å²) in [6.07, 6.45) is 0. The van der Waals surface area contributed by atoms with Gasteiger partial charge in [-0.1, -0.05) is 0 Å². The largest absolute Gasteiger partial charge is 4.00 e. The molecule has 0 aromatic rings. The minimum atomic E-state index is -0.812. The zero-order valence-electron chi connectivity index (χ0n) is 5.07. The second kappa shape index (κ2) is 67.6. The SMILES string of the molecule is [O]=[Co-][OH].[O]=[Co-][OH].[O]=[Co-][OH].[O]=[Co-][OH].[Pt+4]. The molecule has 0 fully saturated rings. The molecule has 4 N–H and O–H groups in total. The fourth-order valence-electron chi connectivity index (χ4n) is 0. The first-order valence-electron chi connectivity index (χ1n) is 1.14. The van der Waals surface area contributed by atoms with Gasteiger partial charge >= 0.3 is 113 Å². The molecule has 0 unspecified atom stereocenters. The molecule has 0 bridgehead atoms. The zero-order chi connectivity index (χ0) is 10.8. The van der Waals surface area contributed by atoms with E-state index in [0.29, 0.717) is 0 Å². The standard InChI is InChI=1S/4Co.4H2O.4O.Pt/h;;;;4*1H2;;;;;/q;;;;;;;;;;;;+4/p-4. The average Bonchev–Trinajstić information content (AvgIpc) is 1.92. The van der Waals surface area contributed by atoms with E-state index in [0.717, 1.165) is 0 Å². The number of hydrogen-bond donors (Lipinski definition) is 4. The fraction of sp³-hybridized carbons (Fsp3) is 0. The molecule has 8 nitrogen and oxygen atoms in total. The summed E-state index contributed by atoms with van der Waals surface area (Å²) >= 11 is -3.25. The second-order valence-electron chi connectivity index (χ2n) is 0.243. The maximum atomic E-state index is 8.45. The minimum absolute atomic E-state index is 0. The van der Waals surface area contributed by atoms with Crippen molar-refractivity contribution >= 4 is 0 Å². The molecular weight excluding hydrogens is 559 g/mol. The van der Waals surface area contributed by atoms with Crippen LogP contribution in [-0.4, -0.2) is 16.9 Å². The first kappa shape index (κ1) is 29.3. The summed E-state index contributed by atoms with van der Waals surface area (Å²) in [4.78, 5) is 0. The van der Waals surface area contributed by atoms with Crippen molar-refractivity contribution in [3.8, 4) is 0 Å². The first-order chi connectivity index (χ1) is 5.66. The van der Waals surface area contributed by atoms with Crippen LogP contribution in [0.5, 0.6) is 0 Å². The van der Waals surface area contributed by atoms with Crippen molar-refractivity contribution in [1.82, 2.24) is 0 Å². The molecule has 0 aliphatic carbocycles. The molecule has 0 aromatic heterocycles. The third-order valence-electron chi connectivity index (χ3n) is 0. The number of rotatable bonds is 0. The monoisotopic (exact) mass is 563 g/mol. The molecule has 0 radical (unpaired) electrons. The van der Waals surface area contributed by atoms with Crippen LogP contribution < -0.4 is 0 Å². The van der Waals surface area contributed by atoms with E-state index < -0.39 is 59.8 Å². The maximum absolute atomic E-state index is 8.45. The molecule has 0 heterocycles. The van der Waals surface area contributed by atoms with Crippen molar-refractivity contribution in [1.29, 1.82) is 0 Å². The van der Waals surface area contributed by atoms with Gasteiger partial charge in [-0.05, 0) is 0 Å². The van der Waals surface area contributed by atoms with Crippen molar-refractivity contribution in [2.24, 2.45) is 0 Å². The molecule has 0 aliphatic rings. The molecular formula is H4Co4O8Pt. The quantitative estimate of drug-likeness (QED) is 0.249. The van der Waals surface area contributed by atoms with Crippen molar-refractivity contribution in [3.63, 3.8) is 0 Å². The van der Waals surface area contributed by atoms with Gasteiger partial charge in [0.2, 0.25) is 0 Å². The van der Waals surface area contributed by atoms with Crippen LogP contribution in [0.25, 0.3) is 0 Å². The Bertz CT molecular complexity index is 70.1. The Morgan fingerprint density at radius 2 is 0.538 bits per heavy atom. The van der Waals surface area contributed by atoms with Gasteiger partial charge in [0.25, 0.3) is 0 Å². The van der Waals surface area contributed by atoms with Gasteiger partial charge in [0.05, 0.1) is 0 Å². The molecule has 0 saturated heterocycles. The Kier molecular flexibility index (Phi) is 152. The normalized spacial score (nSPS) is 6.46. The van der Waals surface area contributed by atoms with E-state index >= 15 is 0 Å². The summed E-state index contributed by atoms with van der Waals surface area (Å²) in [7, 11) is 0. The van der Waals surface area contributed by atoms with Crippen molar-refractivity contribution in [2.45, 2.75) is 0 Å². The van der Waals surface area contributed by atoms with E-state index in [2.05, 4.69) is 0 Å². The summed E-state index contributed by atoms with van der Waals surface area (Å²) in [5.41, 5.74) is 0. The molecule has 0 amide bonds.